The maximum absolute atomic E-state index is 11.6. The first kappa shape index (κ1) is 15.6. The monoisotopic (exact) mass is 337 g/mol. The number of piperidine rings is 1. The fourth-order valence-corrected chi connectivity index (χ4v) is 6.40. The van der Waals surface area contributed by atoms with Crippen LogP contribution in [-0.4, -0.2) is 53.2 Å². The lowest BCUT2D eigenvalue weighted by atomic mass is 9.94. The molecule has 4 rings (SSSR count). The van der Waals surface area contributed by atoms with Gasteiger partial charge >= 0.3 is 0 Å². The van der Waals surface area contributed by atoms with E-state index in [0.29, 0.717) is 35.5 Å². The van der Waals surface area contributed by atoms with Crippen LogP contribution >= 0.6 is 0 Å². The third-order valence-electron chi connectivity index (χ3n) is 6.11. The molecule has 4 heterocycles. The molecule has 3 aliphatic rings. The highest BCUT2D eigenvalue weighted by molar-refractivity contribution is 7.91. The Bertz CT molecular complexity index is 641. The van der Waals surface area contributed by atoms with Gasteiger partial charge in [0, 0.05) is 24.8 Å². The SMILES string of the molecule is Cc1cnn(C2CC3CCC(C2)N3CC2CCS(=O)(=O)CC2)c1. The molecular formula is C17H27N3O2S. The lowest BCUT2D eigenvalue weighted by Gasteiger charge is -2.41. The van der Waals surface area contributed by atoms with Crippen LogP contribution in [0.25, 0.3) is 0 Å². The smallest absolute Gasteiger partial charge is 0.150 e. The number of rotatable bonds is 3. The first-order chi connectivity index (χ1) is 11.0. The number of hydrogen-bond donors (Lipinski definition) is 0. The second kappa shape index (κ2) is 5.88. The summed E-state index contributed by atoms with van der Waals surface area (Å²) in [6.45, 7) is 3.21. The minimum Gasteiger partial charge on any atom is -0.297 e. The van der Waals surface area contributed by atoms with Gasteiger partial charge in [0.1, 0.15) is 9.84 Å². The normalized spacial score (nSPS) is 34.7. The molecule has 0 amide bonds. The van der Waals surface area contributed by atoms with E-state index in [4.69, 9.17) is 0 Å². The van der Waals surface area contributed by atoms with Crippen molar-refractivity contribution in [2.45, 2.75) is 63.6 Å². The summed E-state index contributed by atoms with van der Waals surface area (Å²) >= 11 is 0. The molecule has 2 unspecified atom stereocenters. The van der Waals surface area contributed by atoms with Crippen molar-refractivity contribution in [3.05, 3.63) is 18.0 Å². The molecule has 1 aromatic rings. The van der Waals surface area contributed by atoms with Gasteiger partial charge in [-0.3, -0.25) is 9.58 Å². The van der Waals surface area contributed by atoms with Crippen molar-refractivity contribution in [2.75, 3.05) is 18.1 Å². The first-order valence-electron chi connectivity index (χ1n) is 8.97. The van der Waals surface area contributed by atoms with Gasteiger partial charge in [-0.15, -0.1) is 0 Å². The fourth-order valence-electron chi connectivity index (χ4n) is 4.81. The minimum absolute atomic E-state index is 0.399. The van der Waals surface area contributed by atoms with Crippen molar-refractivity contribution >= 4 is 9.84 Å². The molecule has 6 heteroatoms. The molecule has 3 aliphatic heterocycles. The molecule has 128 valence electrons. The summed E-state index contributed by atoms with van der Waals surface area (Å²) in [5, 5.41) is 4.52. The van der Waals surface area contributed by atoms with Gasteiger partial charge in [0.05, 0.1) is 23.7 Å². The second-order valence-corrected chi connectivity index (χ2v) is 10.1. The van der Waals surface area contributed by atoms with Crippen molar-refractivity contribution in [3.63, 3.8) is 0 Å². The summed E-state index contributed by atoms with van der Waals surface area (Å²) in [5.74, 6) is 1.37. The van der Waals surface area contributed by atoms with Crippen LogP contribution in [0.4, 0.5) is 0 Å². The standard InChI is InChI=1S/C17H27N3O2S/c1-13-10-18-20(11-13)17-8-15-2-3-16(9-17)19(15)12-14-4-6-23(21,22)7-5-14/h10-11,14-17H,2-9,12H2,1H3. The maximum Gasteiger partial charge on any atom is 0.150 e. The zero-order valence-electron chi connectivity index (χ0n) is 13.9. The van der Waals surface area contributed by atoms with E-state index in [1.54, 1.807) is 0 Å². The summed E-state index contributed by atoms with van der Waals surface area (Å²) in [7, 11) is -2.74. The quantitative estimate of drug-likeness (QED) is 0.848. The van der Waals surface area contributed by atoms with Crippen LogP contribution in [0.2, 0.25) is 0 Å². The van der Waals surface area contributed by atoms with Crippen LogP contribution in [0.15, 0.2) is 12.4 Å². The predicted octanol–water partition coefficient (Wildman–Crippen LogP) is 2.18. The molecule has 0 aromatic carbocycles. The Labute approximate surface area is 139 Å². The molecule has 0 N–H and O–H groups in total. The third-order valence-corrected chi connectivity index (χ3v) is 7.82. The van der Waals surface area contributed by atoms with Crippen LogP contribution in [-0.2, 0) is 9.84 Å². The number of aryl methyl sites for hydroxylation is 1. The minimum atomic E-state index is -2.74. The van der Waals surface area contributed by atoms with Gasteiger partial charge < -0.3 is 0 Å². The number of fused-ring (bicyclic) bond motifs is 2. The van der Waals surface area contributed by atoms with Gasteiger partial charge in [-0.05, 0) is 56.9 Å². The zero-order valence-corrected chi connectivity index (χ0v) is 14.7. The van der Waals surface area contributed by atoms with E-state index in [1.165, 1.54) is 31.2 Å². The van der Waals surface area contributed by atoms with E-state index >= 15 is 0 Å². The number of sulfone groups is 1. The van der Waals surface area contributed by atoms with Crippen molar-refractivity contribution in [3.8, 4) is 0 Å². The molecule has 2 bridgehead atoms. The van der Waals surface area contributed by atoms with E-state index in [9.17, 15) is 8.42 Å². The van der Waals surface area contributed by atoms with Gasteiger partial charge in [-0.25, -0.2) is 8.42 Å². The molecule has 3 saturated heterocycles. The summed E-state index contributed by atoms with van der Waals surface area (Å²) in [5.41, 5.74) is 1.24. The van der Waals surface area contributed by atoms with Gasteiger partial charge in [0.25, 0.3) is 0 Å². The van der Waals surface area contributed by atoms with E-state index < -0.39 is 9.84 Å². The van der Waals surface area contributed by atoms with Crippen molar-refractivity contribution < 1.29 is 8.42 Å². The molecule has 3 fully saturated rings. The van der Waals surface area contributed by atoms with Crippen molar-refractivity contribution in [1.82, 2.24) is 14.7 Å². The Morgan fingerprint density at radius 2 is 1.74 bits per heavy atom. The molecule has 1 aromatic heterocycles. The molecule has 5 nitrogen and oxygen atoms in total. The average molecular weight is 337 g/mol. The van der Waals surface area contributed by atoms with Crippen LogP contribution < -0.4 is 0 Å². The van der Waals surface area contributed by atoms with Crippen LogP contribution in [0.1, 0.15) is 50.1 Å². The van der Waals surface area contributed by atoms with E-state index in [0.717, 1.165) is 19.4 Å². The fraction of sp³-hybridized carbons (Fsp3) is 0.824. The van der Waals surface area contributed by atoms with Crippen LogP contribution in [0, 0.1) is 12.8 Å². The molecule has 0 aliphatic carbocycles. The highest BCUT2D eigenvalue weighted by Gasteiger charge is 2.42. The first-order valence-corrected chi connectivity index (χ1v) is 10.8. The predicted molar refractivity (Wildman–Crippen MR) is 90.1 cm³/mol. The Kier molecular flexibility index (Phi) is 4.00. The largest absolute Gasteiger partial charge is 0.297 e. The molecule has 2 atom stereocenters. The number of aromatic nitrogens is 2. The highest BCUT2D eigenvalue weighted by atomic mass is 32.2. The van der Waals surface area contributed by atoms with Crippen molar-refractivity contribution in [1.29, 1.82) is 0 Å². The molecular weight excluding hydrogens is 310 g/mol. The molecule has 0 spiro atoms. The van der Waals surface area contributed by atoms with E-state index in [1.807, 2.05) is 6.20 Å². The van der Waals surface area contributed by atoms with E-state index in [2.05, 4.69) is 27.8 Å². The van der Waals surface area contributed by atoms with Gasteiger partial charge in [-0.1, -0.05) is 0 Å². The van der Waals surface area contributed by atoms with Crippen LogP contribution in [0.3, 0.4) is 0 Å². The zero-order chi connectivity index (χ0) is 16.0. The summed E-state index contributed by atoms with van der Waals surface area (Å²) in [6.07, 6.45) is 10.8. The summed E-state index contributed by atoms with van der Waals surface area (Å²) < 4.78 is 25.4. The Morgan fingerprint density at radius 3 is 2.30 bits per heavy atom. The summed E-state index contributed by atoms with van der Waals surface area (Å²) in [4.78, 5) is 2.70. The van der Waals surface area contributed by atoms with Gasteiger partial charge in [-0.2, -0.15) is 5.10 Å². The maximum atomic E-state index is 11.6. The topological polar surface area (TPSA) is 55.2 Å². The third kappa shape index (κ3) is 3.20. The van der Waals surface area contributed by atoms with Gasteiger partial charge in [0.15, 0.2) is 0 Å². The second-order valence-electron chi connectivity index (χ2n) is 7.80. The summed E-state index contributed by atoms with van der Waals surface area (Å²) in [6, 6.07) is 1.88. The molecule has 23 heavy (non-hydrogen) atoms. The Morgan fingerprint density at radius 1 is 1.09 bits per heavy atom. The number of nitrogens with zero attached hydrogens (tertiary/aromatic N) is 3. The highest BCUT2D eigenvalue weighted by Crippen LogP contribution is 2.41. The average Bonchev–Trinajstić information content (AvgIpc) is 3.02. The van der Waals surface area contributed by atoms with Crippen LogP contribution in [0.5, 0.6) is 0 Å². The lowest BCUT2D eigenvalue weighted by Crippen LogP contribution is -2.46. The lowest BCUT2D eigenvalue weighted by molar-refractivity contribution is 0.0830. The molecule has 0 radical (unpaired) electrons. The molecule has 0 saturated carbocycles. The van der Waals surface area contributed by atoms with Crippen molar-refractivity contribution in [2.24, 2.45) is 5.92 Å². The Balaban J connectivity index is 1.39. The van der Waals surface area contributed by atoms with E-state index in [-0.39, 0.29) is 0 Å². The van der Waals surface area contributed by atoms with Gasteiger partial charge in [0.2, 0.25) is 0 Å². The Hall–Kier alpha value is -0.880. The number of hydrogen-bond acceptors (Lipinski definition) is 4.